The fourth-order valence-electron chi connectivity index (χ4n) is 1.58. The Hall–Kier alpha value is -2.18. The van der Waals surface area contributed by atoms with Crippen molar-refractivity contribution in [3.05, 3.63) is 58.6 Å². The summed E-state index contributed by atoms with van der Waals surface area (Å²) in [5.41, 5.74) is 1.51. The van der Waals surface area contributed by atoms with Crippen LogP contribution in [0.5, 0.6) is 11.5 Å². The minimum absolute atomic E-state index is 0.412. The lowest BCUT2D eigenvalue weighted by Crippen LogP contribution is -1.96. The highest BCUT2D eigenvalue weighted by molar-refractivity contribution is 6.30. The van der Waals surface area contributed by atoms with Crippen molar-refractivity contribution in [2.24, 2.45) is 0 Å². The van der Waals surface area contributed by atoms with Gasteiger partial charge >= 0.3 is 0 Å². The summed E-state index contributed by atoms with van der Waals surface area (Å²) in [5, 5.41) is 9.61. The molecule has 0 saturated carbocycles. The summed E-state index contributed by atoms with van der Waals surface area (Å²) in [5.74, 6) is 1.20. The van der Waals surface area contributed by atoms with E-state index >= 15 is 0 Å². The zero-order chi connectivity index (χ0) is 13.7. The van der Waals surface area contributed by atoms with Crippen LogP contribution in [0.25, 0.3) is 0 Å². The van der Waals surface area contributed by atoms with Gasteiger partial charge in [-0.2, -0.15) is 5.26 Å². The Morgan fingerprint density at radius 1 is 1.11 bits per heavy atom. The van der Waals surface area contributed by atoms with Crippen LogP contribution >= 0.6 is 11.6 Å². The molecule has 0 amide bonds. The first kappa shape index (κ1) is 13.3. The molecule has 4 heteroatoms. The van der Waals surface area contributed by atoms with Gasteiger partial charge in [0, 0.05) is 11.1 Å². The average Bonchev–Trinajstić information content (AvgIpc) is 2.46. The lowest BCUT2D eigenvalue weighted by Gasteiger charge is -2.08. The number of rotatable bonds is 4. The highest BCUT2D eigenvalue weighted by Crippen LogP contribution is 2.23. The Kier molecular flexibility index (Phi) is 4.27. The minimum Gasteiger partial charge on any atom is -0.497 e. The van der Waals surface area contributed by atoms with Gasteiger partial charge in [0.2, 0.25) is 0 Å². The van der Waals surface area contributed by atoms with E-state index in [2.05, 4.69) is 6.07 Å². The lowest BCUT2D eigenvalue weighted by molar-refractivity contribution is 0.303. The maximum atomic E-state index is 8.92. The molecule has 0 spiro atoms. The Morgan fingerprint density at radius 3 is 2.42 bits per heavy atom. The van der Waals surface area contributed by atoms with Crippen molar-refractivity contribution in [2.75, 3.05) is 7.11 Å². The van der Waals surface area contributed by atoms with E-state index in [0.29, 0.717) is 28.7 Å². The van der Waals surface area contributed by atoms with Gasteiger partial charge < -0.3 is 9.47 Å². The van der Waals surface area contributed by atoms with Crippen LogP contribution in [-0.4, -0.2) is 7.11 Å². The molecule has 0 radical (unpaired) electrons. The van der Waals surface area contributed by atoms with Crippen molar-refractivity contribution in [1.29, 1.82) is 5.26 Å². The summed E-state index contributed by atoms with van der Waals surface area (Å²) in [4.78, 5) is 0. The van der Waals surface area contributed by atoms with Crippen LogP contribution in [0.3, 0.4) is 0 Å². The highest BCUT2D eigenvalue weighted by atomic mass is 35.5. The molecule has 0 aliphatic rings. The molecule has 0 fully saturated rings. The number of methoxy groups -OCH3 is 1. The molecule has 2 aromatic rings. The molecule has 0 unspecified atom stereocenters. The van der Waals surface area contributed by atoms with Gasteiger partial charge in [-0.3, -0.25) is 0 Å². The Balaban J connectivity index is 2.11. The average molecular weight is 274 g/mol. The largest absolute Gasteiger partial charge is 0.497 e. The molecule has 2 rings (SSSR count). The summed E-state index contributed by atoms with van der Waals surface area (Å²) in [6.45, 7) is 0.412. The number of ether oxygens (including phenoxy) is 2. The molecule has 2 aromatic carbocycles. The van der Waals surface area contributed by atoms with Crippen molar-refractivity contribution in [1.82, 2.24) is 0 Å². The zero-order valence-corrected chi connectivity index (χ0v) is 11.1. The third-order valence-electron chi connectivity index (χ3n) is 2.56. The standard InChI is InChI=1S/C15H12ClNO2/c1-18-14-6-12(9-17)7-15(8-14)19-10-11-2-4-13(16)5-3-11/h2-8H,10H2,1H3. The van der Waals surface area contributed by atoms with Gasteiger partial charge in [0.1, 0.15) is 18.1 Å². The molecule has 0 N–H and O–H groups in total. The van der Waals surface area contributed by atoms with Gasteiger partial charge in [-0.1, -0.05) is 23.7 Å². The predicted molar refractivity (Wildman–Crippen MR) is 73.5 cm³/mol. The molecule has 0 atom stereocenters. The first-order chi connectivity index (χ1) is 9.21. The molecule has 0 aliphatic carbocycles. The van der Waals surface area contributed by atoms with Gasteiger partial charge in [0.15, 0.2) is 0 Å². The highest BCUT2D eigenvalue weighted by Gasteiger charge is 2.02. The van der Waals surface area contributed by atoms with E-state index in [4.69, 9.17) is 26.3 Å². The fraction of sp³-hybridized carbons (Fsp3) is 0.133. The van der Waals surface area contributed by atoms with Gasteiger partial charge in [-0.25, -0.2) is 0 Å². The SMILES string of the molecule is COc1cc(C#N)cc(OCc2ccc(Cl)cc2)c1. The fourth-order valence-corrected chi connectivity index (χ4v) is 1.71. The Labute approximate surface area is 117 Å². The molecule has 19 heavy (non-hydrogen) atoms. The maximum Gasteiger partial charge on any atom is 0.124 e. The molecule has 0 saturated heterocycles. The number of benzene rings is 2. The van der Waals surface area contributed by atoms with E-state index in [0.717, 1.165) is 5.56 Å². The van der Waals surface area contributed by atoms with Gasteiger partial charge in [-0.05, 0) is 29.8 Å². The predicted octanol–water partition coefficient (Wildman–Crippen LogP) is 3.80. The van der Waals surface area contributed by atoms with Crippen molar-refractivity contribution < 1.29 is 9.47 Å². The van der Waals surface area contributed by atoms with Crippen molar-refractivity contribution in [2.45, 2.75) is 6.61 Å². The minimum atomic E-state index is 0.412. The maximum absolute atomic E-state index is 8.92. The molecular formula is C15H12ClNO2. The number of nitrogens with zero attached hydrogens (tertiary/aromatic N) is 1. The summed E-state index contributed by atoms with van der Waals surface area (Å²) in [6.07, 6.45) is 0. The van der Waals surface area contributed by atoms with Crippen LogP contribution < -0.4 is 9.47 Å². The monoisotopic (exact) mass is 273 g/mol. The summed E-state index contributed by atoms with van der Waals surface area (Å²) in [7, 11) is 1.56. The van der Waals surface area contributed by atoms with E-state index in [9.17, 15) is 0 Å². The lowest BCUT2D eigenvalue weighted by atomic mass is 10.2. The summed E-state index contributed by atoms with van der Waals surface area (Å²) in [6, 6.07) is 14.6. The van der Waals surface area contributed by atoms with E-state index in [1.165, 1.54) is 0 Å². The third kappa shape index (κ3) is 3.64. The second-order valence-electron chi connectivity index (χ2n) is 3.92. The van der Waals surface area contributed by atoms with E-state index in [1.807, 2.05) is 24.3 Å². The third-order valence-corrected chi connectivity index (χ3v) is 2.82. The molecule has 3 nitrogen and oxygen atoms in total. The van der Waals surface area contributed by atoms with Crippen LogP contribution in [0, 0.1) is 11.3 Å². The van der Waals surface area contributed by atoms with Crippen molar-refractivity contribution in [3.8, 4) is 17.6 Å². The number of hydrogen-bond acceptors (Lipinski definition) is 3. The molecular weight excluding hydrogens is 262 g/mol. The van der Waals surface area contributed by atoms with Gasteiger partial charge in [0.05, 0.1) is 18.7 Å². The Morgan fingerprint density at radius 2 is 1.79 bits per heavy atom. The van der Waals surface area contributed by atoms with Gasteiger partial charge in [0.25, 0.3) is 0 Å². The second-order valence-corrected chi connectivity index (χ2v) is 4.36. The molecule has 96 valence electrons. The van der Waals surface area contributed by atoms with Crippen LogP contribution in [-0.2, 0) is 6.61 Å². The van der Waals surface area contributed by atoms with E-state index < -0.39 is 0 Å². The van der Waals surface area contributed by atoms with Crippen molar-refractivity contribution >= 4 is 11.6 Å². The summed E-state index contributed by atoms with van der Waals surface area (Å²) >= 11 is 5.81. The van der Waals surface area contributed by atoms with Gasteiger partial charge in [-0.15, -0.1) is 0 Å². The summed E-state index contributed by atoms with van der Waals surface area (Å²) < 4.78 is 10.8. The first-order valence-corrected chi connectivity index (χ1v) is 6.05. The first-order valence-electron chi connectivity index (χ1n) is 5.67. The van der Waals surface area contributed by atoms with Crippen LogP contribution in [0.15, 0.2) is 42.5 Å². The topological polar surface area (TPSA) is 42.2 Å². The number of halogens is 1. The van der Waals surface area contributed by atoms with Crippen LogP contribution in [0.1, 0.15) is 11.1 Å². The second kappa shape index (κ2) is 6.12. The van der Waals surface area contributed by atoms with E-state index in [-0.39, 0.29) is 0 Å². The molecule has 0 heterocycles. The van der Waals surface area contributed by atoms with Crippen LogP contribution in [0.2, 0.25) is 5.02 Å². The Bertz CT molecular complexity index is 603. The van der Waals surface area contributed by atoms with E-state index in [1.54, 1.807) is 25.3 Å². The number of nitriles is 1. The number of hydrogen-bond donors (Lipinski definition) is 0. The zero-order valence-electron chi connectivity index (χ0n) is 10.4. The molecule has 0 aromatic heterocycles. The smallest absolute Gasteiger partial charge is 0.124 e. The van der Waals surface area contributed by atoms with Crippen LogP contribution in [0.4, 0.5) is 0 Å². The quantitative estimate of drug-likeness (QED) is 0.851. The van der Waals surface area contributed by atoms with Crippen molar-refractivity contribution in [3.63, 3.8) is 0 Å². The molecule has 0 bridgehead atoms. The normalized spacial score (nSPS) is 9.74. The molecule has 0 aliphatic heterocycles.